The summed E-state index contributed by atoms with van der Waals surface area (Å²) in [6, 6.07) is 0. The van der Waals surface area contributed by atoms with Crippen LogP contribution in [0.25, 0.3) is 0 Å². The van der Waals surface area contributed by atoms with Crippen molar-refractivity contribution in [2.75, 3.05) is 6.61 Å². The minimum absolute atomic E-state index is 0.0769. The van der Waals surface area contributed by atoms with Gasteiger partial charge in [-0.2, -0.15) is 0 Å². The maximum absolute atomic E-state index is 10.7. The molecule has 0 spiro atoms. The van der Waals surface area contributed by atoms with E-state index in [2.05, 4.69) is 13.8 Å². The number of hydrogen-bond acceptors (Lipinski definition) is 4. The van der Waals surface area contributed by atoms with Crippen molar-refractivity contribution in [1.82, 2.24) is 0 Å². The smallest absolute Gasteiger partial charge is 0.103 e. The molecule has 0 aromatic carbocycles. The van der Waals surface area contributed by atoms with Gasteiger partial charge >= 0.3 is 0 Å². The molecule has 0 aromatic heterocycles. The van der Waals surface area contributed by atoms with Gasteiger partial charge in [-0.05, 0) is 42.6 Å². The molecule has 2 unspecified atom stereocenters. The lowest BCUT2D eigenvalue weighted by Gasteiger charge is -2.60. The number of aliphatic hydroxyl groups excluding tert-OH is 4. The number of allylic oxidation sites excluding steroid dienone is 1. The van der Waals surface area contributed by atoms with Crippen LogP contribution in [-0.4, -0.2) is 45.3 Å². The van der Waals surface area contributed by atoms with Crippen molar-refractivity contribution >= 4 is 0 Å². The summed E-state index contributed by atoms with van der Waals surface area (Å²) in [7, 11) is 0. The number of aliphatic hydroxyl groups is 4. The van der Waals surface area contributed by atoms with E-state index < -0.39 is 23.7 Å². The highest BCUT2D eigenvalue weighted by Crippen LogP contribution is 2.63. The van der Waals surface area contributed by atoms with Crippen LogP contribution in [0.3, 0.4) is 0 Å². The summed E-state index contributed by atoms with van der Waals surface area (Å²) in [6.45, 7) is 6.06. The molecule has 2 saturated carbocycles. The van der Waals surface area contributed by atoms with Crippen LogP contribution in [0.15, 0.2) is 11.1 Å². The first-order valence-electron chi connectivity index (χ1n) is 7.12. The zero-order valence-corrected chi connectivity index (χ0v) is 11.8. The van der Waals surface area contributed by atoms with E-state index in [9.17, 15) is 20.4 Å². The van der Waals surface area contributed by atoms with Crippen molar-refractivity contribution in [3.8, 4) is 0 Å². The SMILES string of the molecule is CC1=C2[C@@H](O)[C@H](O)[C@@]2(CO)[C@@H](O)C2CC(C)(C)CC12. The third-order valence-corrected chi connectivity index (χ3v) is 5.88. The fraction of sp³-hybridized carbons (Fsp3) is 0.867. The molecule has 0 radical (unpaired) electrons. The highest BCUT2D eigenvalue weighted by Gasteiger charge is 2.67. The Kier molecular flexibility index (Phi) is 2.72. The zero-order chi connectivity index (χ0) is 14.2. The summed E-state index contributed by atoms with van der Waals surface area (Å²) in [4.78, 5) is 0. The van der Waals surface area contributed by atoms with Gasteiger partial charge in [-0.3, -0.25) is 0 Å². The molecule has 19 heavy (non-hydrogen) atoms. The Morgan fingerprint density at radius 2 is 1.74 bits per heavy atom. The van der Waals surface area contributed by atoms with Crippen LogP contribution in [0.5, 0.6) is 0 Å². The van der Waals surface area contributed by atoms with Crippen LogP contribution < -0.4 is 0 Å². The number of hydrogen-bond donors (Lipinski definition) is 4. The van der Waals surface area contributed by atoms with E-state index in [-0.39, 0.29) is 23.9 Å². The summed E-state index contributed by atoms with van der Waals surface area (Å²) in [6.07, 6.45) is -0.850. The molecule has 0 bridgehead atoms. The molecular weight excluding hydrogens is 244 g/mol. The van der Waals surface area contributed by atoms with E-state index in [4.69, 9.17) is 0 Å². The van der Waals surface area contributed by atoms with Gasteiger partial charge in [-0.1, -0.05) is 19.4 Å². The molecule has 108 valence electrons. The molecule has 2 fully saturated rings. The second-order valence-corrected chi connectivity index (χ2v) is 7.47. The first kappa shape index (κ1) is 13.6. The minimum atomic E-state index is -1.05. The quantitative estimate of drug-likeness (QED) is 0.520. The predicted molar refractivity (Wildman–Crippen MR) is 70.2 cm³/mol. The van der Waals surface area contributed by atoms with Crippen LogP contribution in [-0.2, 0) is 0 Å². The van der Waals surface area contributed by atoms with Crippen LogP contribution in [0, 0.1) is 22.7 Å². The van der Waals surface area contributed by atoms with Crippen molar-refractivity contribution < 1.29 is 20.4 Å². The summed E-state index contributed by atoms with van der Waals surface area (Å²) in [5, 5.41) is 40.5. The Morgan fingerprint density at radius 3 is 2.32 bits per heavy atom. The van der Waals surface area contributed by atoms with Gasteiger partial charge in [-0.25, -0.2) is 0 Å². The average Bonchev–Trinajstić information content (AvgIpc) is 2.68. The largest absolute Gasteiger partial charge is 0.395 e. The van der Waals surface area contributed by atoms with E-state index in [0.717, 1.165) is 18.4 Å². The van der Waals surface area contributed by atoms with Gasteiger partial charge in [0.05, 0.1) is 24.2 Å². The summed E-state index contributed by atoms with van der Waals surface area (Å²) in [5.74, 6) is 0.342. The van der Waals surface area contributed by atoms with Crippen molar-refractivity contribution in [2.45, 2.75) is 51.9 Å². The normalized spacial score (nSPS) is 51.6. The second kappa shape index (κ2) is 3.82. The molecule has 3 aliphatic rings. The van der Waals surface area contributed by atoms with Crippen molar-refractivity contribution in [3.05, 3.63) is 11.1 Å². The fourth-order valence-corrected chi connectivity index (χ4v) is 4.98. The Balaban J connectivity index is 2.09. The summed E-state index contributed by atoms with van der Waals surface area (Å²) < 4.78 is 0. The Bertz CT molecular complexity index is 441. The Hall–Kier alpha value is -0.420. The van der Waals surface area contributed by atoms with Crippen LogP contribution in [0.4, 0.5) is 0 Å². The van der Waals surface area contributed by atoms with E-state index in [1.54, 1.807) is 0 Å². The van der Waals surface area contributed by atoms with Crippen molar-refractivity contribution in [3.63, 3.8) is 0 Å². The van der Waals surface area contributed by atoms with E-state index in [1.165, 1.54) is 0 Å². The van der Waals surface area contributed by atoms with Gasteiger partial charge in [-0.15, -0.1) is 0 Å². The van der Waals surface area contributed by atoms with Crippen molar-refractivity contribution in [2.24, 2.45) is 22.7 Å². The topological polar surface area (TPSA) is 80.9 Å². The van der Waals surface area contributed by atoms with E-state index in [1.807, 2.05) is 6.92 Å². The molecule has 0 amide bonds. The average molecular weight is 268 g/mol. The third kappa shape index (κ3) is 1.43. The third-order valence-electron chi connectivity index (χ3n) is 5.88. The first-order chi connectivity index (χ1) is 8.76. The second-order valence-electron chi connectivity index (χ2n) is 7.47. The van der Waals surface area contributed by atoms with Gasteiger partial charge in [0, 0.05) is 0 Å². The Morgan fingerprint density at radius 1 is 1.11 bits per heavy atom. The molecule has 3 aliphatic carbocycles. The summed E-state index contributed by atoms with van der Waals surface area (Å²) >= 11 is 0. The molecule has 4 nitrogen and oxygen atoms in total. The molecule has 0 aliphatic heterocycles. The van der Waals surface area contributed by atoms with Gasteiger partial charge < -0.3 is 20.4 Å². The summed E-state index contributed by atoms with van der Waals surface area (Å²) in [5.41, 5.74) is 0.904. The molecule has 3 rings (SSSR count). The lowest BCUT2D eigenvalue weighted by molar-refractivity contribution is -0.196. The molecule has 0 saturated heterocycles. The molecule has 4 N–H and O–H groups in total. The fourth-order valence-electron chi connectivity index (χ4n) is 4.98. The zero-order valence-electron chi connectivity index (χ0n) is 11.8. The van der Waals surface area contributed by atoms with E-state index in [0.29, 0.717) is 5.57 Å². The molecular formula is C15H24O4. The first-order valence-corrected chi connectivity index (χ1v) is 7.12. The molecule has 0 heterocycles. The van der Waals surface area contributed by atoms with Gasteiger partial charge in [0.1, 0.15) is 6.10 Å². The maximum Gasteiger partial charge on any atom is 0.103 e. The van der Waals surface area contributed by atoms with E-state index >= 15 is 0 Å². The molecule has 4 heteroatoms. The minimum Gasteiger partial charge on any atom is -0.395 e. The van der Waals surface area contributed by atoms with Crippen LogP contribution in [0.2, 0.25) is 0 Å². The van der Waals surface area contributed by atoms with Gasteiger partial charge in [0.2, 0.25) is 0 Å². The molecule has 6 atom stereocenters. The number of fused-ring (bicyclic) bond motifs is 2. The Labute approximate surface area is 113 Å². The number of rotatable bonds is 1. The van der Waals surface area contributed by atoms with Crippen LogP contribution >= 0.6 is 0 Å². The van der Waals surface area contributed by atoms with Gasteiger partial charge in [0.25, 0.3) is 0 Å². The lowest BCUT2D eigenvalue weighted by atomic mass is 9.49. The lowest BCUT2D eigenvalue weighted by Crippen LogP contribution is -2.69. The van der Waals surface area contributed by atoms with Gasteiger partial charge in [0.15, 0.2) is 0 Å². The van der Waals surface area contributed by atoms with Crippen LogP contribution in [0.1, 0.15) is 33.6 Å². The predicted octanol–water partition coefficient (Wildman–Crippen LogP) is 0.444. The highest BCUT2D eigenvalue weighted by molar-refractivity contribution is 5.44. The van der Waals surface area contributed by atoms with Crippen molar-refractivity contribution in [1.29, 1.82) is 0 Å². The maximum atomic E-state index is 10.7. The monoisotopic (exact) mass is 268 g/mol. The highest BCUT2D eigenvalue weighted by atomic mass is 16.3. The standard InChI is InChI=1S/C15H24O4/c1-7-8-4-14(2,3)5-9(8)12(18)15(6-16)10(7)11(17)13(15)19/h8-9,11-13,16-19H,4-6H2,1-3H3/t8?,9?,11-,12+,13+,15-/m1/s1. The molecule has 0 aromatic rings.